The second-order valence-corrected chi connectivity index (χ2v) is 10.6. The van der Waals surface area contributed by atoms with Gasteiger partial charge in [0.05, 0.1) is 6.10 Å². The Hall–Kier alpha value is -5.13. The van der Waals surface area contributed by atoms with E-state index in [-0.39, 0.29) is 18.5 Å². The summed E-state index contributed by atoms with van der Waals surface area (Å²) in [5, 5.41) is 37.3. The number of carbonyl (C=O) groups excluding carboxylic acids is 4. The third-order valence-electron chi connectivity index (χ3n) is 5.76. The molecule has 236 valence electrons. The highest BCUT2D eigenvalue weighted by Crippen LogP contribution is 2.12. The molecule has 0 aliphatic carbocycles. The van der Waals surface area contributed by atoms with Crippen molar-refractivity contribution in [3.05, 3.63) is 65.2 Å². The Morgan fingerprint density at radius 1 is 0.886 bits per heavy atom. The minimum Gasteiger partial charge on any atom is -0.465 e. The molecule has 0 unspecified atom stereocenters. The minimum absolute atomic E-state index is 0.136. The smallest absolute Gasteiger partial charge is 0.407 e. The fourth-order valence-corrected chi connectivity index (χ4v) is 3.64. The Morgan fingerprint density at radius 3 is 1.95 bits per heavy atom. The van der Waals surface area contributed by atoms with Gasteiger partial charge in [0.25, 0.3) is 11.8 Å². The van der Waals surface area contributed by atoms with Crippen LogP contribution in [0.15, 0.2) is 48.5 Å². The Labute approximate surface area is 254 Å². The van der Waals surface area contributed by atoms with Crippen molar-refractivity contribution in [1.29, 1.82) is 0 Å². The summed E-state index contributed by atoms with van der Waals surface area (Å²) in [4.78, 5) is 59.7. The minimum atomic E-state index is -1.36. The zero-order valence-electron chi connectivity index (χ0n) is 24.8. The van der Waals surface area contributed by atoms with E-state index in [9.17, 15) is 29.1 Å². The molecule has 44 heavy (non-hydrogen) atoms. The molecule has 0 aliphatic rings. The van der Waals surface area contributed by atoms with Gasteiger partial charge in [0.15, 0.2) is 0 Å². The van der Waals surface area contributed by atoms with Crippen LogP contribution in [0.2, 0.25) is 0 Å². The van der Waals surface area contributed by atoms with Gasteiger partial charge in [-0.05, 0) is 89.1 Å². The molecular formula is C30H37N5O9. The average molecular weight is 612 g/mol. The van der Waals surface area contributed by atoms with Crippen LogP contribution in [0.3, 0.4) is 0 Å². The van der Waals surface area contributed by atoms with E-state index in [0.717, 1.165) is 0 Å². The largest absolute Gasteiger partial charge is 0.465 e. The molecule has 0 aliphatic heterocycles. The summed E-state index contributed by atoms with van der Waals surface area (Å²) in [5.74, 6) is 3.75. The number of carbonyl (C=O) groups is 5. The van der Waals surface area contributed by atoms with Gasteiger partial charge in [-0.3, -0.25) is 19.6 Å². The predicted octanol–water partition coefficient (Wildman–Crippen LogP) is 1.95. The molecule has 2 aromatic rings. The molecule has 0 bridgehead atoms. The summed E-state index contributed by atoms with van der Waals surface area (Å²) in [6.07, 6.45) is -2.75. The first-order valence-electron chi connectivity index (χ1n) is 13.6. The molecule has 0 saturated carbocycles. The number of carboxylic acid groups (broad SMARTS) is 1. The number of hydrogen-bond acceptors (Lipinski definition) is 8. The van der Waals surface area contributed by atoms with Crippen molar-refractivity contribution in [3.8, 4) is 11.8 Å². The number of alkyl carbamates (subject to hydrolysis) is 1. The van der Waals surface area contributed by atoms with E-state index in [2.05, 4.69) is 33.1 Å². The van der Waals surface area contributed by atoms with Gasteiger partial charge in [-0.25, -0.2) is 15.1 Å². The number of hydroxylamine groups is 1. The van der Waals surface area contributed by atoms with Crippen LogP contribution in [0, 0.1) is 11.8 Å². The first-order valence-corrected chi connectivity index (χ1v) is 13.6. The van der Waals surface area contributed by atoms with Crippen LogP contribution >= 0.6 is 0 Å². The van der Waals surface area contributed by atoms with Crippen LogP contribution in [0.25, 0.3) is 0 Å². The number of aliphatic hydroxyl groups excluding tert-OH is 1. The predicted molar refractivity (Wildman–Crippen MR) is 159 cm³/mol. The molecule has 0 radical (unpaired) electrons. The van der Waals surface area contributed by atoms with Gasteiger partial charge in [0.2, 0.25) is 5.91 Å². The van der Waals surface area contributed by atoms with E-state index in [1.807, 2.05) is 0 Å². The van der Waals surface area contributed by atoms with Crippen molar-refractivity contribution >= 4 is 35.6 Å². The van der Waals surface area contributed by atoms with Crippen molar-refractivity contribution in [1.82, 2.24) is 21.4 Å². The molecule has 0 fully saturated rings. The summed E-state index contributed by atoms with van der Waals surface area (Å²) in [7, 11) is 0. The zero-order chi connectivity index (χ0) is 32.9. The highest BCUT2D eigenvalue weighted by Gasteiger charge is 2.26. The fourth-order valence-electron chi connectivity index (χ4n) is 3.64. The topological polar surface area (TPSA) is 215 Å². The monoisotopic (exact) mass is 611 g/mol. The molecule has 14 heteroatoms. The third-order valence-corrected chi connectivity index (χ3v) is 5.76. The Morgan fingerprint density at radius 2 is 1.45 bits per heavy atom. The quantitative estimate of drug-likeness (QED) is 0.0805. The Bertz CT molecular complexity index is 1370. The van der Waals surface area contributed by atoms with Crippen molar-refractivity contribution in [2.24, 2.45) is 0 Å². The van der Waals surface area contributed by atoms with Crippen molar-refractivity contribution < 1.29 is 44.1 Å². The van der Waals surface area contributed by atoms with Gasteiger partial charge in [-0.1, -0.05) is 11.8 Å². The Kier molecular flexibility index (Phi) is 13.1. The SMILES string of the molecule is C[C@@H](O)[C@H](NC(=O)c1ccc(C#Cc2ccc(NC(=O)[C@H](CCCNC(=O)OC(C)(C)C)NC(=O)O)cc2)cc1)C(=O)NO. The lowest BCUT2D eigenvalue weighted by atomic mass is 10.1. The molecule has 5 amide bonds. The standard InChI is InChI=1S/C30H37N5O9/c1-18(36)24(27(39)35-43)34-25(37)21-13-9-19(10-14-21)7-8-20-11-15-22(16-12-20)32-26(38)23(33-28(40)41)6-5-17-31-29(42)44-30(2,3)4/h9-16,18,23-24,33,36,43H,5-6,17H2,1-4H3,(H,31,42)(H,32,38)(H,34,37)(H,35,39)(H,40,41)/t18-,23+,24+/m1/s1. The van der Waals surface area contributed by atoms with Crippen LogP contribution < -0.4 is 26.7 Å². The van der Waals surface area contributed by atoms with Crippen LogP contribution in [-0.2, 0) is 14.3 Å². The highest BCUT2D eigenvalue weighted by molar-refractivity contribution is 5.98. The van der Waals surface area contributed by atoms with Gasteiger partial charge in [0.1, 0.15) is 17.7 Å². The lowest BCUT2D eigenvalue weighted by molar-refractivity contribution is -0.133. The summed E-state index contributed by atoms with van der Waals surface area (Å²) >= 11 is 0. The second kappa shape index (κ2) is 16.5. The molecule has 2 aromatic carbocycles. The highest BCUT2D eigenvalue weighted by atomic mass is 16.6. The van der Waals surface area contributed by atoms with E-state index >= 15 is 0 Å². The molecule has 8 N–H and O–H groups in total. The number of aliphatic hydroxyl groups is 1. The number of nitrogens with one attached hydrogen (secondary N) is 5. The Balaban J connectivity index is 1.95. The first kappa shape index (κ1) is 35.1. The molecule has 0 heterocycles. The van der Waals surface area contributed by atoms with Gasteiger partial charge < -0.3 is 36.2 Å². The van der Waals surface area contributed by atoms with Crippen LogP contribution in [0.5, 0.6) is 0 Å². The van der Waals surface area contributed by atoms with Gasteiger partial charge >= 0.3 is 12.2 Å². The number of rotatable bonds is 11. The van der Waals surface area contributed by atoms with Crippen LogP contribution in [0.4, 0.5) is 15.3 Å². The van der Waals surface area contributed by atoms with Gasteiger partial charge in [-0.15, -0.1) is 0 Å². The summed E-state index contributed by atoms with van der Waals surface area (Å²) < 4.78 is 5.14. The normalized spacial score (nSPS) is 12.7. The van der Waals surface area contributed by atoms with E-state index in [0.29, 0.717) is 23.2 Å². The maximum absolute atomic E-state index is 12.7. The van der Waals surface area contributed by atoms with Crippen molar-refractivity contribution in [2.75, 3.05) is 11.9 Å². The fraction of sp³-hybridized carbons (Fsp3) is 0.367. The number of ether oxygens (including phenoxy) is 1. The summed E-state index contributed by atoms with van der Waals surface area (Å²) in [6, 6.07) is 10.3. The average Bonchev–Trinajstić information content (AvgIpc) is 2.95. The van der Waals surface area contributed by atoms with Gasteiger partial charge in [0, 0.05) is 28.9 Å². The van der Waals surface area contributed by atoms with Crippen LogP contribution in [0.1, 0.15) is 62.0 Å². The lowest BCUT2D eigenvalue weighted by Gasteiger charge is -2.20. The second-order valence-electron chi connectivity index (χ2n) is 10.6. The van der Waals surface area contributed by atoms with Gasteiger partial charge in [-0.2, -0.15) is 0 Å². The van der Waals surface area contributed by atoms with E-state index < -0.39 is 53.7 Å². The molecule has 2 rings (SSSR count). The molecular weight excluding hydrogens is 574 g/mol. The number of hydrogen-bond donors (Lipinski definition) is 8. The van der Waals surface area contributed by atoms with Crippen molar-refractivity contribution in [2.45, 2.75) is 64.3 Å². The molecule has 0 aromatic heterocycles. The van der Waals surface area contributed by atoms with E-state index in [4.69, 9.17) is 15.1 Å². The summed E-state index contributed by atoms with van der Waals surface area (Å²) in [5.41, 5.74) is 2.58. The molecule has 3 atom stereocenters. The number of benzene rings is 2. The van der Waals surface area contributed by atoms with Crippen LogP contribution in [-0.4, -0.2) is 75.7 Å². The maximum Gasteiger partial charge on any atom is 0.407 e. The zero-order valence-corrected chi connectivity index (χ0v) is 24.8. The van der Waals surface area contributed by atoms with E-state index in [1.165, 1.54) is 24.5 Å². The van der Waals surface area contributed by atoms with E-state index in [1.54, 1.807) is 57.2 Å². The maximum atomic E-state index is 12.7. The summed E-state index contributed by atoms with van der Waals surface area (Å²) in [6.45, 7) is 6.68. The first-order chi connectivity index (χ1) is 20.7. The molecule has 0 spiro atoms. The van der Waals surface area contributed by atoms with Crippen molar-refractivity contribution in [3.63, 3.8) is 0 Å². The number of anilines is 1. The molecule has 0 saturated heterocycles. The lowest BCUT2D eigenvalue weighted by Crippen LogP contribution is -2.51. The third kappa shape index (κ3) is 12.4. The molecule has 14 nitrogen and oxygen atoms in total. The number of amides is 5.